The molecule has 8 nitrogen and oxygen atoms in total. The maximum atomic E-state index is 12.3. The molecule has 0 spiro atoms. The lowest BCUT2D eigenvalue weighted by Crippen LogP contribution is -2.44. The lowest BCUT2D eigenvalue weighted by molar-refractivity contribution is -0.125. The number of imide groups is 1. The number of amides is 3. The van der Waals surface area contributed by atoms with Crippen molar-refractivity contribution in [2.45, 2.75) is 26.8 Å². The summed E-state index contributed by atoms with van der Waals surface area (Å²) >= 11 is 0. The van der Waals surface area contributed by atoms with Crippen molar-refractivity contribution in [3.8, 4) is 0 Å². The molecule has 3 amide bonds. The second kappa shape index (κ2) is 9.72. The van der Waals surface area contributed by atoms with Crippen LogP contribution in [-0.4, -0.2) is 49.0 Å². The third kappa shape index (κ3) is 6.10. The number of rotatable bonds is 8. The summed E-state index contributed by atoms with van der Waals surface area (Å²) in [6.07, 6.45) is -0.790. The van der Waals surface area contributed by atoms with E-state index in [1.165, 1.54) is 0 Å². The van der Waals surface area contributed by atoms with Crippen LogP contribution in [0.2, 0.25) is 0 Å². The number of nitrogens with one attached hydrogen (secondary N) is 2. The topological polar surface area (TPSA) is 101 Å². The Morgan fingerprint density at radius 2 is 1.85 bits per heavy atom. The molecule has 146 valence electrons. The van der Waals surface area contributed by atoms with Crippen molar-refractivity contribution in [3.63, 3.8) is 0 Å². The Morgan fingerprint density at radius 1 is 1.15 bits per heavy atom. The summed E-state index contributed by atoms with van der Waals surface area (Å²) in [5.74, 6) is -0.102. The second-order valence-corrected chi connectivity index (χ2v) is 6.05. The number of fused-ring (bicyclic) bond motifs is 1. The van der Waals surface area contributed by atoms with Crippen LogP contribution in [0.5, 0.6) is 0 Å². The van der Waals surface area contributed by atoms with E-state index in [0.29, 0.717) is 12.3 Å². The van der Waals surface area contributed by atoms with Gasteiger partial charge in [-0.1, -0.05) is 25.1 Å². The average molecular weight is 375 g/mol. The molecular formula is C19H25N3O5. The number of hydrogen-bond donors (Lipinski definition) is 2. The van der Waals surface area contributed by atoms with Gasteiger partial charge in [0.1, 0.15) is 11.3 Å². The van der Waals surface area contributed by atoms with Gasteiger partial charge in [-0.15, -0.1) is 0 Å². The lowest BCUT2D eigenvalue weighted by Gasteiger charge is -2.20. The highest BCUT2D eigenvalue weighted by Crippen LogP contribution is 2.23. The van der Waals surface area contributed by atoms with Crippen molar-refractivity contribution in [2.75, 3.05) is 26.2 Å². The SMILES string of the molecule is CCOC(=O)NC(=O)CN(CC)CC(=O)N[C@@H](C)c1cc2ccccc2o1. The molecule has 2 N–H and O–H groups in total. The zero-order valence-electron chi connectivity index (χ0n) is 15.8. The van der Waals surface area contributed by atoms with Gasteiger partial charge in [0.15, 0.2) is 0 Å². The predicted molar refractivity (Wildman–Crippen MR) is 100 cm³/mol. The number of carbonyl (C=O) groups is 3. The summed E-state index contributed by atoms with van der Waals surface area (Å²) in [4.78, 5) is 37.0. The standard InChI is InChI=1S/C19H25N3O5/c1-4-22(12-18(24)21-19(25)26-5-2)11-17(23)20-13(3)16-10-14-8-6-7-9-15(14)27-16/h6-10,13H,4-5,11-12H2,1-3H3,(H,20,23)(H,21,24,25)/t13-/m0/s1. The minimum Gasteiger partial charge on any atom is -0.459 e. The van der Waals surface area contributed by atoms with E-state index in [2.05, 4.69) is 15.4 Å². The normalized spacial score (nSPS) is 12.0. The van der Waals surface area contributed by atoms with E-state index >= 15 is 0 Å². The van der Waals surface area contributed by atoms with E-state index in [4.69, 9.17) is 4.42 Å². The van der Waals surface area contributed by atoms with Gasteiger partial charge < -0.3 is 14.5 Å². The first kappa shape index (κ1) is 20.4. The summed E-state index contributed by atoms with van der Waals surface area (Å²) in [7, 11) is 0. The van der Waals surface area contributed by atoms with Gasteiger partial charge in [-0.25, -0.2) is 4.79 Å². The number of ether oxygens (including phenoxy) is 1. The van der Waals surface area contributed by atoms with Gasteiger partial charge in [-0.05, 0) is 32.5 Å². The van der Waals surface area contributed by atoms with Crippen LogP contribution < -0.4 is 10.6 Å². The Bertz CT molecular complexity index is 768. The van der Waals surface area contributed by atoms with Crippen molar-refractivity contribution in [1.82, 2.24) is 15.5 Å². The molecule has 0 bridgehead atoms. The quantitative estimate of drug-likeness (QED) is 0.734. The summed E-state index contributed by atoms with van der Waals surface area (Å²) in [6, 6.07) is 9.21. The van der Waals surface area contributed by atoms with Crippen LogP contribution in [0.15, 0.2) is 34.7 Å². The number of nitrogens with zero attached hydrogens (tertiary/aromatic N) is 1. The number of hydrogen-bond acceptors (Lipinski definition) is 6. The molecule has 1 atom stereocenters. The van der Waals surface area contributed by atoms with Gasteiger partial charge in [-0.3, -0.25) is 19.8 Å². The fourth-order valence-corrected chi connectivity index (χ4v) is 2.58. The molecule has 1 aromatic carbocycles. The largest absolute Gasteiger partial charge is 0.459 e. The summed E-state index contributed by atoms with van der Waals surface area (Å²) < 4.78 is 10.4. The van der Waals surface area contributed by atoms with E-state index in [9.17, 15) is 14.4 Å². The highest BCUT2D eigenvalue weighted by molar-refractivity contribution is 5.93. The number of para-hydroxylation sites is 1. The third-order valence-electron chi connectivity index (χ3n) is 3.95. The first-order chi connectivity index (χ1) is 12.9. The van der Waals surface area contributed by atoms with Crippen molar-refractivity contribution in [1.29, 1.82) is 0 Å². The number of furan rings is 1. The van der Waals surface area contributed by atoms with Gasteiger partial charge in [0.05, 0.1) is 25.7 Å². The molecule has 27 heavy (non-hydrogen) atoms. The van der Waals surface area contributed by atoms with Crippen molar-refractivity contribution in [3.05, 3.63) is 36.1 Å². The minimum absolute atomic E-state index is 0.0251. The zero-order valence-corrected chi connectivity index (χ0v) is 15.8. The maximum absolute atomic E-state index is 12.3. The predicted octanol–water partition coefficient (Wildman–Crippen LogP) is 2.20. The van der Waals surface area contributed by atoms with Crippen molar-refractivity contribution < 1.29 is 23.5 Å². The molecule has 8 heteroatoms. The fourth-order valence-electron chi connectivity index (χ4n) is 2.58. The maximum Gasteiger partial charge on any atom is 0.413 e. The number of carbonyl (C=O) groups excluding carboxylic acids is 3. The Labute approximate surface area is 157 Å². The van der Waals surface area contributed by atoms with E-state index in [1.807, 2.05) is 44.2 Å². The first-order valence-electron chi connectivity index (χ1n) is 8.89. The number of benzene rings is 1. The first-order valence-corrected chi connectivity index (χ1v) is 8.89. The molecule has 0 unspecified atom stereocenters. The number of alkyl carbamates (subject to hydrolysis) is 1. The van der Waals surface area contributed by atoms with E-state index in [1.54, 1.807) is 11.8 Å². The minimum atomic E-state index is -0.790. The molecule has 0 saturated carbocycles. The molecular weight excluding hydrogens is 350 g/mol. The molecule has 0 aliphatic heterocycles. The van der Waals surface area contributed by atoms with Gasteiger partial charge in [0.2, 0.25) is 11.8 Å². The van der Waals surface area contributed by atoms with Gasteiger partial charge in [0.25, 0.3) is 0 Å². The molecule has 1 heterocycles. The molecule has 0 aliphatic rings. The summed E-state index contributed by atoms with van der Waals surface area (Å²) in [5, 5.41) is 5.94. The molecule has 2 aromatic rings. The van der Waals surface area contributed by atoms with Crippen molar-refractivity contribution >= 4 is 28.9 Å². The lowest BCUT2D eigenvalue weighted by atomic mass is 10.2. The Hall–Kier alpha value is -2.87. The smallest absolute Gasteiger partial charge is 0.413 e. The number of likely N-dealkylation sites (N-methyl/N-ethyl adjacent to an activating group) is 1. The Morgan fingerprint density at radius 3 is 2.52 bits per heavy atom. The van der Waals surface area contributed by atoms with Crippen molar-refractivity contribution in [2.24, 2.45) is 0 Å². The fraction of sp³-hybridized carbons (Fsp3) is 0.421. The molecule has 1 aromatic heterocycles. The highest BCUT2D eigenvalue weighted by Gasteiger charge is 2.18. The van der Waals surface area contributed by atoms with Crippen LogP contribution >= 0.6 is 0 Å². The molecule has 2 rings (SSSR count). The third-order valence-corrected chi connectivity index (χ3v) is 3.95. The summed E-state index contributed by atoms with van der Waals surface area (Å²) in [5.41, 5.74) is 0.763. The van der Waals surface area contributed by atoms with Crippen LogP contribution in [-0.2, 0) is 14.3 Å². The van der Waals surface area contributed by atoms with E-state index in [0.717, 1.165) is 11.0 Å². The van der Waals surface area contributed by atoms with Crippen LogP contribution in [0.25, 0.3) is 11.0 Å². The van der Waals surface area contributed by atoms with Crippen LogP contribution in [0.3, 0.4) is 0 Å². The van der Waals surface area contributed by atoms with Gasteiger partial charge in [-0.2, -0.15) is 0 Å². The highest BCUT2D eigenvalue weighted by atomic mass is 16.5. The molecule has 0 aliphatic carbocycles. The molecule has 0 saturated heterocycles. The molecule has 0 fully saturated rings. The van der Waals surface area contributed by atoms with Crippen LogP contribution in [0.1, 0.15) is 32.6 Å². The zero-order chi connectivity index (χ0) is 19.8. The monoisotopic (exact) mass is 375 g/mol. The van der Waals surface area contributed by atoms with Gasteiger partial charge in [0, 0.05) is 5.39 Å². The van der Waals surface area contributed by atoms with E-state index < -0.39 is 12.0 Å². The Balaban J connectivity index is 1.86. The second-order valence-electron chi connectivity index (χ2n) is 6.05. The average Bonchev–Trinajstić information content (AvgIpc) is 3.05. The Kier molecular flexibility index (Phi) is 7.36. The molecule has 0 radical (unpaired) electrons. The van der Waals surface area contributed by atoms with E-state index in [-0.39, 0.29) is 31.6 Å². The van der Waals surface area contributed by atoms with Crippen LogP contribution in [0.4, 0.5) is 4.79 Å². The van der Waals surface area contributed by atoms with Gasteiger partial charge >= 0.3 is 6.09 Å². The van der Waals surface area contributed by atoms with Crippen LogP contribution in [0, 0.1) is 0 Å². The summed E-state index contributed by atoms with van der Waals surface area (Å²) in [6.45, 7) is 5.91.